The van der Waals surface area contributed by atoms with E-state index in [0.717, 1.165) is 24.0 Å². The maximum atomic E-state index is 6.08. The predicted molar refractivity (Wildman–Crippen MR) is 75.0 cm³/mol. The molecular formula is C14H23N3O2. The van der Waals surface area contributed by atoms with Crippen molar-refractivity contribution in [2.24, 2.45) is 0 Å². The van der Waals surface area contributed by atoms with Gasteiger partial charge in [-0.1, -0.05) is 0 Å². The van der Waals surface area contributed by atoms with Crippen LogP contribution in [0.1, 0.15) is 30.0 Å². The Bertz CT molecular complexity index is 410. The van der Waals surface area contributed by atoms with E-state index in [9.17, 15) is 0 Å². The van der Waals surface area contributed by atoms with Crippen molar-refractivity contribution in [2.45, 2.75) is 31.4 Å². The van der Waals surface area contributed by atoms with E-state index in [1.165, 1.54) is 0 Å². The molecule has 0 saturated carbocycles. The summed E-state index contributed by atoms with van der Waals surface area (Å²) in [7, 11) is 3.70. The van der Waals surface area contributed by atoms with Crippen LogP contribution in [-0.4, -0.2) is 38.0 Å². The highest BCUT2D eigenvalue weighted by Crippen LogP contribution is 2.39. The Balaban J connectivity index is 2.43. The molecule has 1 fully saturated rings. The topological polar surface area (TPSA) is 69.4 Å². The van der Waals surface area contributed by atoms with E-state index in [0.29, 0.717) is 19.0 Å². The fourth-order valence-corrected chi connectivity index (χ4v) is 2.96. The van der Waals surface area contributed by atoms with E-state index >= 15 is 0 Å². The quantitative estimate of drug-likeness (QED) is 0.862. The molecule has 2 rings (SSSR count). The number of nitrogens with zero attached hydrogens (tertiary/aromatic N) is 1. The number of aryl methyl sites for hydroxylation is 1. The van der Waals surface area contributed by atoms with E-state index in [4.69, 9.17) is 15.2 Å². The summed E-state index contributed by atoms with van der Waals surface area (Å²) in [6, 6.07) is 2.01. The number of nitrogen functional groups attached to an aromatic ring is 1. The highest BCUT2D eigenvalue weighted by atomic mass is 16.5. The van der Waals surface area contributed by atoms with Gasteiger partial charge in [-0.3, -0.25) is 0 Å². The van der Waals surface area contributed by atoms with E-state index < -0.39 is 0 Å². The average molecular weight is 265 g/mol. The summed E-state index contributed by atoms with van der Waals surface area (Å²) in [4.78, 5) is 4.22. The first kappa shape index (κ1) is 14.2. The van der Waals surface area contributed by atoms with Crippen molar-refractivity contribution in [3.63, 3.8) is 0 Å². The first-order chi connectivity index (χ1) is 9.14. The Morgan fingerprint density at radius 1 is 1.47 bits per heavy atom. The summed E-state index contributed by atoms with van der Waals surface area (Å²) in [5, 5.41) is 3.36. The molecule has 0 radical (unpaired) electrons. The van der Waals surface area contributed by atoms with E-state index in [-0.39, 0.29) is 11.6 Å². The fourth-order valence-electron chi connectivity index (χ4n) is 2.96. The van der Waals surface area contributed by atoms with E-state index in [1.54, 1.807) is 13.3 Å². The number of pyridine rings is 1. The number of anilines is 1. The van der Waals surface area contributed by atoms with Gasteiger partial charge in [-0.05, 0) is 25.6 Å². The van der Waals surface area contributed by atoms with Crippen LogP contribution in [0.2, 0.25) is 0 Å². The van der Waals surface area contributed by atoms with Gasteiger partial charge >= 0.3 is 0 Å². The number of hydrogen-bond donors (Lipinski definition) is 2. The highest BCUT2D eigenvalue weighted by molar-refractivity contribution is 5.47. The molecule has 2 heterocycles. The zero-order chi connectivity index (χ0) is 13.9. The van der Waals surface area contributed by atoms with Gasteiger partial charge in [-0.2, -0.15) is 0 Å². The Labute approximate surface area is 114 Å². The van der Waals surface area contributed by atoms with E-state index in [1.807, 2.05) is 13.1 Å². The zero-order valence-electron chi connectivity index (χ0n) is 11.9. The molecule has 1 unspecified atom stereocenters. The molecule has 1 aromatic heterocycles. The molecule has 0 spiro atoms. The maximum absolute atomic E-state index is 6.08. The van der Waals surface area contributed by atoms with Gasteiger partial charge in [-0.15, -0.1) is 0 Å². The average Bonchev–Trinajstić information content (AvgIpc) is 2.44. The summed E-state index contributed by atoms with van der Waals surface area (Å²) >= 11 is 0. The van der Waals surface area contributed by atoms with Crippen LogP contribution >= 0.6 is 0 Å². The molecule has 0 amide bonds. The number of ether oxygens (including phenoxy) is 2. The Kier molecular flexibility index (Phi) is 4.39. The summed E-state index contributed by atoms with van der Waals surface area (Å²) in [6.45, 7) is 3.48. The minimum atomic E-state index is -0.283. The van der Waals surface area contributed by atoms with Crippen molar-refractivity contribution in [3.05, 3.63) is 23.4 Å². The van der Waals surface area contributed by atoms with Crippen molar-refractivity contribution in [1.82, 2.24) is 10.3 Å². The Hall–Kier alpha value is -1.17. The first-order valence-electron chi connectivity index (χ1n) is 6.66. The number of rotatable bonds is 4. The summed E-state index contributed by atoms with van der Waals surface area (Å²) < 4.78 is 11.3. The first-order valence-corrected chi connectivity index (χ1v) is 6.66. The molecule has 0 aliphatic carbocycles. The molecule has 1 aliphatic rings. The van der Waals surface area contributed by atoms with Crippen molar-refractivity contribution in [2.75, 3.05) is 33.1 Å². The van der Waals surface area contributed by atoms with Gasteiger partial charge in [0.25, 0.3) is 0 Å². The van der Waals surface area contributed by atoms with Crippen molar-refractivity contribution in [1.29, 1.82) is 0 Å². The summed E-state index contributed by atoms with van der Waals surface area (Å²) in [5.41, 5.74) is 7.97. The highest BCUT2D eigenvalue weighted by Gasteiger charge is 2.42. The van der Waals surface area contributed by atoms with Gasteiger partial charge in [0.15, 0.2) is 0 Å². The number of hydrogen-bond acceptors (Lipinski definition) is 5. The molecular weight excluding hydrogens is 242 g/mol. The molecule has 1 saturated heterocycles. The van der Waals surface area contributed by atoms with Gasteiger partial charge in [0.2, 0.25) is 0 Å². The van der Waals surface area contributed by atoms with Crippen LogP contribution in [0.15, 0.2) is 12.3 Å². The number of aromatic nitrogens is 1. The molecule has 5 nitrogen and oxygen atoms in total. The van der Waals surface area contributed by atoms with Gasteiger partial charge in [-0.25, -0.2) is 4.98 Å². The number of methoxy groups -OCH3 is 1. The van der Waals surface area contributed by atoms with Crippen LogP contribution in [0, 0.1) is 6.92 Å². The monoisotopic (exact) mass is 265 g/mol. The Morgan fingerprint density at radius 2 is 2.16 bits per heavy atom. The minimum Gasteiger partial charge on any atom is -0.383 e. The lowest BCUT2D eigenvalue weighted by atomic mass is 9.81. The minimum absolute atomic E-state index is 0.0232. The van der Waals surface area contributed by atoms with Gasteiger partial charge in [0.05, 0.1) is 11.6 Å². The predicted octanol–water partition coefficient (Wildman–Crippen LogP) is 1.43. The second kappa shape index (κ2) is 5.86. The summed E-state index contributed by atoms with van der Waals surface area (Å²) in [5.74, 6) is 0.572. The van der Waals surface area contributed by atoms with Crippen LogP contribution in [0.25, 0.3) is 0 Å². The third-order valence-corrected chi connectivity index (χ3v) is 4.09. The Morgan fingerprint density at radius 3 is 2.68 bits per heavy atom. The van der Waals surface area contributed by atoms with Crippen LogP contribution in [-0.2, 0) is 9.47 Å². The SMILES string of the molecule is CNC(c1c(C)ccnc1N)C1(OC)CCOCC1. The molecule has 106 valence electrons. The van der Waals surface area contributed by atoms with Crippen molar-refractivity contribution >= 4 is 5.82 Å². The number of nitrogens with two attached hydrogens (primary N) is 1. The lowest BCUT2D eigenvalue weighted by Crippen LogP contribution is -2.49. The molecule has 0 aromatic carbocycles. The lowest BCUT2D eigenvalue weighted by Gasteiger charge is -2.43. The normalized spacial score (nSPS) is 20.2. The van der Waals surface area contributed by atoms with Crippen LogP contribution in [0.5, 0.6) is 0 Å². The molecule has 1 aromatic rings. The second-order valence-corrected chi connectivity index (χ2v) is 5.03. The van der Waals surface area contributed by atoms with Gasteiger partial charge < -0.3 is 20.5 Å². The summed E-state index contributed by atoms with van der Waals surface area (Å²) in [6.07, 6.45) is 3.44. The van der Waals surface area contributed by atoms with Crippen LogP contribution in [0.3, 0.4) is 0 Å². The standard InChI is InChI=1S/C14H23N3O2/c1-10-4-7-17-13(15)11(10)12(16-2)14(18-3)5-8-19-9-6-14/h4,7,12,16H,5-6,8-9H2,1-3H3,(H2,15,17). The van der Waals surface area contributed by atoms with Gasteiger partial charge in [0.1, 0.15) is 5.82 Å². The van der Waals surface area contributed by atoms with Crippen molar-refractivity contribution in [3.8, 4) is 0 Å². The van der Waals surface area contributed by atoms with E-state index in [2.05, 4.69) is 17.2 Å². The fraction of sp³-hybridized carbons (Fsp3) is 0.643. The van der Waals surface area contributed by atoms with Gasteiger partial charge in [0, 0.05) is 44.9 Å². The molecule has 19 heavy (non-hydrogen) atoms. The molecule has 3 N–H and O–H groups in total. The largest absolute Gasteiger partial charge is 0.383 e. The lowest BCUT2D eigenvalue weighted by molar-refractivity contribution is -0.110. The molecule has 1 atom stereocenters. The third kappa shape index (κ3) is 2.59. The zero-order valence-corrected chi connectivity index (χ0v) is 11.9. The third-order valence-electron chi connectivity index (χ3n) is 4.09. The molecule has 0 bridgehead atoms. The van der Waals surface area contributed by atoms with Crippen LogP contribution in [0.4, 0.5) is 5.82 Å². The smallest absolute Gasteiger partial charge is 0.128 e. The molecule has 1 aliphatic heterocycles. The second-order valence-electron chi connectivity index (χ2n) is 5.03. The number of nitrogens with one attached hydrogen (secondary N) is 1. The van der Waals surface area contributed by atoms with Crippen molar-refractivity contribution < 1.29 is 9.47 Å². The molecule has 5 heteroatoms. The number of likely N-dealkylation sites (N-methyl/N-ethyl adjacent to an activating group) is 1. The maximum Gasteiger partial charge on any atom is 0.128 e. The van der Waals surface area contributed by atoms with Crippen LogP contribution < -0.4 is 11.1 Å².